The first kappa shape index (κ1) is 15.5. The van der Waals surface area contributed by atoms with Crippen LogP contribution in [0.25, 0.3) is 0 Å². The summed E-state index contributed by atoms with van der Waals surface area (Å²) in [4.78, 5) is 15.4. The lowest BCUT2D eigenvalue weighted by Gasteiger charge is -2.34. The number of nitrogens with one attached hydrogen (secondary N) is 1. The molecule has 0 atom stereocenters. The van der Waals surface area contributed by atoms with Gasteiger partial charge < -0.3 is 10.2 Å². The van der Waals surface area contributed by atoms with E-state index in [4.69, 9.17) is 0 Å². The van der Waals surface area contributed by atoms with E-state index in [9.17, 15) is 4.79 Å². The molecule has 0 bridgehead atoms. The van der Waals surface area contributed by atoms with Crippen LogP contribution in [0.4, 0.5) is 0 Å². The predicted molar refractivity (Wildman–Crippen MR) is 86.9 cm³/mol. The Kier molecular flexibility index (Phi) is 5.45. The Balaban J connectivity index is 1.87. The standard InChI is InChI=1S/C13H18Br2N2OS/c1-8(2)17-5-3-9(4-6-17)16-13(18)11-7-10(14)12(15)19-11/h7-9H,3-6H2,1-2H3,(H,16,18). The number of hydrogen-bond acceptors (Lipinski definition) is 3. The fraction of sp³-hybridized carbons (Fsp3) is 0.615. The molecule has 0 aromatic carbocycles. The Morgan fingerprint density at radius 1 is 1.42 bits per heavy atom. The fourth-order valence-corrected chi connectivity index (χ4v) is 4.21. The zero-order chi connectivity index (χ0) is 14.0. The normalized spacial score (nSPS) is 17.9. The predicted octanol–water partition coefficient (Wildman–Crippen LogP) is 3.88. The SMILES string of the molecule is CC(C)N1CCC(NC(=O)c2cc(Br)c(Br)s2)CC1. The summed E-state index contributed by atoms with van der Waals surface area (Å²) in [6.07, 6.45) is 2.08. The smallest absolute Gasteiger partial charge is 0.261 e. The van der Waals surface area contributed by atoms with Gasteiger partial charge in [0.1, 0.15) is 0 Å². The number of nitrogens with zero attached hydrogens (tertiary/aromatic N) is 1. The second-order valence-corrected chi connectivity index (χ2v) is 8.33. The number of hydrogen-bond donors (Lipinski definition) is 1. The van der Waals surface area contributed by atoms with Crippen LogP contribution in [0.2, 0.25) is 0 Å². The molecule has 0 aliphatic carbocycles. The Bertz CT molecular complexity index is 434. The van der Waals surface area contributed by atoms with E-state index in [2.05, 4.69) is 55.9 Å². The average Bonchev–Trinajstić information content (AvgIpc) is 2.70. The molecular weight excluding hydrogens is 392 g/mol. The molecule has 0 spiro atoms. The number of amides is 1. The van der Waals surface area contributed by atoms with E-state index in [-0.39, 0.29) is 5.91 Å². The van der Waals surface area contributed by atoms with Crippen LogP contribution < -0.4 is 5.32 Å². The minimum absolute atomic E-state index is 0.0411. The highest BCUT2D eigenvalue weighted by molar-refractivity contribution is 9.13. The first-order valence-corrected chi connectivity index (χ1v) is 8.87. The van der Waals surface area contributed by atoms with Crippen molar-refractivity contribution in [1.29, 1.82) is 0 Å². The zero-order valence-corrected chi connectivity index (χ0v) is 15.1. The highest BCUT2D eigenvalue weighted by Gasteiger charge is 2.23. The highest BCUT2D eigenvalue weighted by atomic mass is 79.9. The third kappa shape index (κ3) is 4.03. The third-order valence-electron chi connectivity index (χ3n) is 3.46. The first-order chi connectivity index (χ1) is 8.97. The molecule has 106 valence electrons. The lowest BCUT2D eigenvalue weighted by molar-refractivity contribution is 0.0904. The lowest BCUT2D eigenvalue weighted by Crippen LogP contribution is -2.46. The van der Waals surface area contributed by atoms with Crippen molar-refractivity contribution in [2.75, 3.05) is 13.1 Å². The van der Waals surface area contributed by atoms with Gasteiger partial charge in [0.25, 0.3) is 5.91 Å². The van der Waals surface area contributed by atoms with Gasteiger partial charge in [-0.1, -0.05) is 0 Å². The highest BCUT2D eigenvalue weighted by Crippen LogP contribution is 2.32. The molecule has 2 heterocycles. The molecule has 2 rings (SSSR count). The van der Waals surface area contributed by atoms with Gasteiger partial charge >= 0.3 is 0 Å². The second kappa shape index (κ2) is 6.70. The van der Waals surface area contributed by atoms with Gasteiger partial charge in [0, 0.05) is 29.6 Å². The van der Waals surface area contributed by atoms with Crippen LogP contribution in [0, 0.1) is 0 Å². The summed E-state index contributed by atoms with van der Waals surface area (Å²) < 4.78 is 1.91. The van der Waals surface area contributed by atoms with Crippen molar-refractivity contribution >= 4 is 49.1 Å². The van der Waals surface area contributed by atoms with Crippen LogP contribution in [0.3, 0.4) is 0 Å². The van der Waals surface area contributed by atoms with Crippen molar-refractivity contribution in [2.45, 2.75) is 38.8 Å². The maximum absolute atomic E-state index is 12.1. The molecule has 0 unspecified atom stereocenters. The monoisotopic (exact) mass is 408 g/mol. The largest absolute Gasteiger partial charge is 0.349 e. The molecule has 1 amide bonds. The minimum Gasteiger partial charge on any atom is -0.349 e. The molecule has 1 saturated heterocycles. The summed E-state index contributed by atoms with van der Waals surface area (Å²) in [5.74, 6) is 0.0411. The first-order valence-electron chi connectivity index (χ1n) is 6.47. The van der Waals surface area contributed by atoms with E-state index in [1.54, 1.807) is 0 Å². The summed E-state index contributed by atoms with van der Waals surface area (Å²) >= 11 is 8.29. The Hall–Kier alpha value is 0.0900. The molecule has 0 radical (unpaired) electrons. The molecule has 1 N–H and O–H groups in total. The van der Waals surface area contributed by atoms with Gasteiger partial charge in [-0.3, -0.25) is 4.79 Å². The Labute approximate surface area is 135 Å². The van der Waals surface area contributed by atoms with Crippen LogP contribution in [0.5, 0.6) is 0 Å². The number of rotatable bonds is 3. The summed E-state index contributed by atoms with van der Waals surface area (Å²) in [6, 6.07) is 2.77. The maximum Gasteiger partial charge on any atom is 0.261 e. The maximum atomic E-state index is 12.1. The van der Waals surface area contributed by atoms with Crippen molar-refractivity contribution < 1.29 is 4.79 Å². The van der Waals surface area contributed by atoms with Gasteiger partial charge in [-0.05, 0) is 64.6 Å². The van der Waals surface area contributed by atoms with Crippen molar-refractivity contribution in [3.63, 3.8) is 0 Å². The van der Waals surface area contributed by atoms with Gasteiger partial charge in [-0.2, -0.15) is 0 Å². The summed E-state index contributed by atoms with van der Waals surface area (Å²) in [5, 5.41) is 3.14. The molecular formula is C13H18Br2N2OS. The van der Waals surface area contributed by atoms with Crippen molar-refractivity contribution in [2.24, 2.45) is 0 Å². The lowest BCUT2D eigenvalue weighted by atomic mass is 10.0. The summed E-state index contributed by atoms with van der Waals surface area (Å²) in [7, 11) is 0. The van der Waals surface area contributed by atoms with Gasteiger partial charge in [-0.25, -0.2) is 0 Å². The molecule has 1 fully saturated rings. The van der Waals surface area contributed by atoms with Crippen LogP contribution in [-0.2, 0) is 0 Å². The molecule has 1 aromatic heterocycles. The number of piperidine rings is 1. The van der Waals surface area contributed by atoms with Crippen LogP contribution >= 0.6 is 43.2 Å². The molecule has 1 aromatic rings. The van der Waals surface area contributed by atoms with Gasteiger partial charge in [-0.15, -0.1) is 11.3 Å². The fourth-order valence-electron chi connectivity index (χ4n) is 2.28. The zero-order valence-electron chi connectivity index (χ0n) is 11.1. The van der Waals surface area contributed by atoms with Gasteiger partial charge in [0.15, 0.2) is 0 Å². The number of carbonyl (C=O) groups is 1. The quantitative estimate of drug-likeness (QED) is 0.821. The van der Waals surface area contributed by atoms with E-state index in [0.29, 0.717) is 12.1 Å². The van der Waals surface area contributed by atoms with Crippen molar-refractivity contribution in [3.8, 4) is 0 Å². The van der Waals surface area contributed by atoms with Crippen molar-refractivity contribution in [3.05, 3.63) is 19.2 Å². The number of halogens is 2. The van der Waals surface area contributed by atoms with Crippen LogP contribution in [0.1, 0.15) is 36.4 Å². The molecule has 0 saturated carbocycles. The summed E-state index contributed by atoms with van der Waals surface area (Å²) in [5.41, 5.74) is 0. The van der Waals surface area contributed by atoms with E-state index in [1.165, 1.54) is 11.3 Å². The molecule has 1 aliphatic rings. The molecule has 19 heavy (non-hydrogen) atoms. The second-order valence-electron chi connectivity index (χ2n) is 5.11. The van der Waals surface area contributed by atoms with E-state index < -0.39 is 0 Å². The number of likely N-dealkylation sites (tertiary alicyclic amines) is 1. The molecule has 3 nitrogen and oxygen atoms in total. The Morgan fingerprint density at radius 3 is 2.53 bits per heavy atom. The van der Waals surface area contributed by atoms with Gasteiger partial charge in [0.2, 0.25) is 0 Å². The minimum atomic E-state index is 0.0411. The van der Waals surface area contributed by atoms with Gasteiger partial charge in [0.05, 0.1) is 8.66 Å². The number of carbonyl (C=O) groups excluding carboxylic acids is 1. The van der Waals surface area contributed by atoms with E-state index in [1.807, 2.05) is 6.07 Å². The van der Waals surface area contributed by atoms with E-state index in [0.717, 1.165) is 39.1 Å². The van der Waals surface area contributed by atoms with E-state index >= 15 is 0 Å². The molecule has 6 heteroatoms. The molecule has 1 aliphatic heterocycles. The van der Waals surface area contributed by atoms with Crippen LogP contribution in [0.15, 0.2) is 14.3 Å². The topological polar surface area (TPSA) is 32.3 Å². The van der Waals surface area contributed by atoms with Crippen molar-refractivity contribution in [1.82, 2.24) is 10.2 Å². The van der Waals surface area contributed by atoms with Crippen LogP contribution in [-0.4, -0.2) is 36.0 Å². The third-order valence-corrected chi connectivity index (χ3v) is 6.72. The number of thiophene rings is 1. The summed E-state index contributed by atoms with van der Waals surface area (Å²) in [6.45, 7) is 6.58. The Morgan fingerprint density at radius 2 is 2.05 bits per heavy atom. The average molecular weight is 410 g/mol.